The molecule has 128 valence electrons. The Morgan fingerprint density at radius 1 is 1.20 bits per heavy atom. The van der Waals surface area contributed by atoms with Gasteiger partial charge in [0.2, 0.25) is 0 Å². The van der Waals surface area contributed by atoms with Crippen molar-refractivity contribution in [1.82, 2.24) is 15.3 Å². The van der Waals surface area contributed by atoms with Gasteiger partial charge in [0.1, 0.15) is 11.6 Å². The Kier molecular flexibility index (Phi) is 4.56. The Balaban J connectivity index is 1.98. The Labute approximate surface area is 145 Å². The van der Waals surface area contributed by atoms with Crippen LogP contribution < -0.4 is 10.2 Å². The third-order valence-corrected chi connectivity index (χ3v) is 3.98. The van der Waals surface area contributed by atoms with Gasteiger partial charge in [-0.1, -0.05) is 25.1 Å². The smallest absolute Gasteiger partial charge is 0.328 e. The van der Waals surface area contributed by atoms with Gasteiger partial charge < -0.3 is 5.32 Å². The van der Waals surface area contributed by atoms with Crippen LogP contribution in [0.25, 0.3) is 0 Å². The van der Waals surface area contributed by atoms with Crippen molar-refractivity contribution in [3.63, 3.8) is 0 Å². The molecule has 0 saturated carbocycles. The summed E-state index contributed by atoms with van der Waals surface area (Å²) in [6.07, 6.45) is 3.58. The molecular formula is C18H18N4O3. The number of amides is 3. The van der Waals surface area contributed by atoms with Gasteiger partial charge in [-0.15, -0.1) is 0 Å². The largest absolute Gasteiger partial charge is 0.337 e. The summed E-state index contributed by atoms with van der Waals surface area (Å²) in [5.74, 6) is -2.11. The molecule has 7 nitrogen and oxygen atoms in total. The van der Waals surface area contributed by atoms with Crippen molar-refractivity contribution in [3.05, 3.63) is 53.6 Å². The predicted octanol–water partition coefficient (Wildman–Crippen LogP) is 2.22. The first-order valence-electron chi connectivity index (χ1n) is 8.08. The maximum Gasteiger partial charge on any atom is 0.328 e. The number of para-hydroxylation sites is 1. The third kappa shape index (κ3) is 3.00. The van der Waals surface area contributed by atoms with Crippen LogP contribution in [0.15, 0.2) is 36.7 Å². The monoisotopic (exact) mass is 338 g/mol. The number of hydrogen-bond acceptors (Lipinski definition) is 5. The molecule has 1 aromatic carbocycles. The van der Waals surface area contributed by atoms with Crippen LogP contribution >= 0.6 is 0 Å². The van der Waals surface area contributed by atoms with E-state index in [1.54, 1.807) is 31.2 Å². The molecule has 1 N–H and O–H groups in total. The SMILES string of the molecule is CCCNC(=O)N1C(=O)C(C(=O)c2cnc(C)cn2)c2ccccc21. The zero-order valence-corrected chi connectivity index (χ0v) is 14.0. The Bertz CT molecular complexity index is 832. The molecule has 25 heavy (non-hydrogen) atoms. The number of anilines is 1. The second-order valence-corrected chi connectivity index (χ2v) is 5.80. The number of aryl methyl sites for hydroxylation is 1. The number of Topliss-reactive ketones (excluding diaryl/α,β-unsaturated/α-hetero) is 1. The summed E-state index contributed by atoms with van der Waals surface area (Å²) >= 11 is 0. The normalized spacial score (nSPS) is 15.8. The lowest BCUT2D eigenvalue weighted by atomic mass is 9.94. The minimum atomic E-state index is -1.08. The van der Waals surface area contributed by atoms with E-state index in [2.05, 4.69) is 15.3 Å². The van der Waals surface area contributed by atoms with E-state index in [9.17, 15) is 14.4 Å². The number of carbonyl (C=O) groups is 3. The number of nitrogens with one attached hydrogen (secondary N) is 1. The van der Waals surface area contributed by atoms with Gasteiger partial charge >= 0.3 is 6.03 Å². The molecule has 2 aromatic rings. The van der Waals surface area contributed by atoms with Crippen LogP contribution in [-0.4, -0.2) is 34.2 Å². The van der Waals surface area contributed by atoms with Crippen molar-refractivity contribution < 1.29 is 14.4 Å². The molecule has 0 aliphatic carbocycles. The Morgan fingerprint density at radius 2 is 1.96 bits per heavy atom. The van der Waals surface area contributed by atoms with Crippen LogP contribution in [0.3, 0.4) is 0 Å². The van der Waals surface area contributed by atoms with E-state index in [-0.39, 0.29) is 5.69 Å². The van der Waals surface area contributed by atoms with Crippen molar-refractivity contribution in [3.8, 4) is 0 Å². The van der Waals surface area contributed by atoms with Crippen molar-refractivity contribution in [2.45, 2.75) is 26.2 Å². The van der Waals surface area contributed by atoms with E-state index in [1.165, 1.54) is 12.4 Å². The summed E-state index contributed by atoms with van der Waals surface area (Å²) in [5.41, 5.74) is 1.72. The van der Waals surface area contributed by atoms with E-state index in [0.29, 0.717) is 23.5 Å². The van der Waals surface area contributed by atoms with Crippen LogP contribution in [0, 0.1) is 6.92 Å². The number of hydrogen-bond donors (Lipinski definition) is 1. The third-order valence-electron chi connectivity index (χ3n) is 3.98. The summed E-state index contributed by atoms with van der Waals surface area (Å²) in [5, 5.41) is 2.68. The molecule has 1 aliphatic heterocycles. The van der Waals surface area contributed by atoms with Crippen LogP contribution in [0.1, 0.15) is 41.0 Å². The van der Waals surface area contributed by atoms with Gasteiger partial charge in [-0.25, -0.2) is 14.7 Å². The maximum absolute atomic E-state index is 12.8. The van der Waals surface area contributed by atoms with E-state index in [4.69, 9.17) is 0 Å². The molecule has 1 aromatic heterocycles. The van der Waals surface area contributed by atoms with Crippen molar-refractivity contribution in [2.24, 2.45) is 0 Å². The van der Waals surface area contributed by atoms with Gasteiger partial charge in [0, 0.05) is 12.7 Å². The van der Waals surface area contributed by atoms with Gasteiger partial charge in [-0.05, 0) is 25.0 Å². The van der Waals surface area contributed by atoms with Crippen LogP contribution in [0.5, 0.6) is 0 Å². The number of rotatable bonds is 4. The van der Waals surface area contributed by atoms with Crippen molar-refractivity contribution in [2.75, 3.05) is 11.4 Å². The molecule has 1 unspecified atom stereocenters. The fourth-order valence-corrected chi connectivity index (χ4v) is 2.76. The quantitative estimate of drug-likeness (QED) is 0.681. The highest BCUT2D eigenvalue weighted by Crippen LogP contribution is 2.38. The van der Waals surface area contributed by atoms with Gasteiger partial charge in [0.15, 0.2) is 5.78 Å². The summed E-state index contributed by atoms with van der Waals surface area (Å²) in [6.45, 7) is 4.13. The zero-order valence-electron chi connectivity index (χ0n) is 14.0. The average Bonchev–Trinajstić information content (AvgIpc) is 2.91. The molecule has 0 saturated heterocycles. The summed E-state index contributed by atoms with van der Waals surface area (Å²) in [7, 11) is 0. The molecule has 2 heterocycles. The number of nitrogens with zero attached hydrogens (tertiary/aromatic N) is 3. The Morgan fingerprint density at radius 3 is 2.64 bits per heavy atom. The topological polar surface area (TPSA) is 92.3 Å². The van der Waals surface area contributed by atoms with Crippen molar-refractivity contribution in [1.29, 1.82) is 0 Å². The first kappa shape index (κ1) is 16.8. The number of fused-ring (bicyclic) bond motifs is 1. The number of carbonyl (C=O) groups excluding carboxylic acids is 3. The lowest BCUT2D eigenvalue weighted by Gasteiger charge is -2.16. The predicted molar refractivity (Wildman–Crippen MR) is 91.5 cm³/mol. The second kappa shape index (κ2) is 6.80. The van der Waals surface area contributed by atoms with Gasteiger partial charge in [0.25, 0.3) is 5.91 Å². The minimum absolute atomic E-state index is 0.106. The standard InChI is InChI=1S/C18H18N4O3/c1-3-8-19-18(25)22-14-7-5-4-6-12(14)15(17(22)24)16(23)13-10-20-11(2)9-21-13/h4-7,9-10,15H,3,8H2,1-2H3,(H,19,25). The number of imide groups is 1. The number of ketones is 1. The first-order valence-corrected chi connectivity index (χ1v) is 8.08. The van der Waals surface area contributed by atoms with E-state index < -0.39 is 23.6 Å². The molecule has 0 bridgehead atoms. The molecular weight excluding hydrogens is 320 g/mol. The van der Waals surface area contributed by atoms with E-state index in [0.717, 1.165) is 11.3 Å². The maximum atomic E-state index is 12.8. The molecule has 1 aliphatic rings. The first-order chi connectivity index (χ1) is 12.0. The summed E-state index contributed by atoms with van der Waals surface area (Å²) < 4.78 is 0. The average molecular weight is 338 g/mol. The molecule has 3 amide bonds. The molecule has 0 fully saturated rings. The Hall–Kier alpha value is -3.09. The second-order valence-electron chi connectivity index (χ2n) is 5.80. The number of benzene rings is 1. The van der Waals surface area contributed by atoms with Gasteiger partial charge in [-0.2, -0.15) is 0 Å². The van der Waals surface area contributed by atoms with Gasteiger partial charge in [0.05, 0.1) is 17.6 Å². The van der Waals surface area contributed by atoms with Gasteiger partial charge in [-0.3, -0.25) is 14.6 Å². The van der Waals surface area contributed by atoms with Crippen LogP contribution in [0.4, 0.5) is 10.5 Å². The molecule has 3 rings (SSSR count). The van der Waals surface area contributed by atoms with Crippen LogP contribution in [0.2, 0.25) is 0 Å². The van der Waals surface area contributed by atoms with E-state index in [1.807, 2.05) is 6.92 Å². The highest BCUT2D eigenvalue weighted by Gasteiger charge is 2.45. The minimum Gasteiger partial charge on any atom is -0.337 e. The van der Waals surface area contributed by atoms with Crippen molar-refractivity contribution >= 4 is 23.4 Å². The summed E-state index contributed by atoms with van der Waals surface area (Å²) in [4.78, 5) is 47.2. The zero-order chi connectivity index (χ0) is 18.0. The highest BCUT2D eigenvalue weighted by atomic mass is 16.2. The lowest BCUT2D eigenvalue weighted by molar-refractivity contribution is -0.117. The fraction of sp³-hybridized carbons (Fsp3) is 0.278. The fourth-order valence-electron chi connectivity index (χ4n) is 2.76. The van der Waals surface area contributed by atoms with E-state index >= 15 is 0 Å². The number of urea groups is 1. The molecule has 1 atom stereocenters. The summed E-state index contributed by atoms with van der Waals surface area (Å²) in [6, 6.07) is 6.28. The molecule has 0 spiro atoms. The number of aromatic nitrogens is 2. The highest BCUT2D eigenvalue weighted by molar-refractivity contribution is 6.29. The lowest BCUT2D eigenvalue weighted by Crippen LogP contribution is -2.43. The van der Waals surface area contributed by atoms with Crippen LogP contribution in [-0.2, 0) is 4.79 Å². The molecule has 0 radical (unpaired) electrons. The molecule has 7 heteroatoms.